The van der Waals surface area contributed by atoms with Crippen LogP contribution in [0.1, 0.15) is 17.3 Å². The van der Waals surface area contributed by atoms with Gasteiger partial charge in [0.1, 0.15) is 11.3 Å². The fraction of sp³-hybridized carbons (Fsp3) is 0.158. The first-order valence-corrected chi connectivity index (χ1v) is 9.78. The predicted molar refractivity (Wildman–Crippen MR) is 108 cm³/mol. The molecule has 2 heterocycles. The fourth-order valence-corrected chi connectivity index (χ4v) is 4.06. The van der Waals surface area contributed by atoms with Crippen LogP contribution in [-0.2, 0) is 4.74 Å². The molecule has 2 aromatic carbocycles. The predicted octanol–water partition coefficient (Wildman–Crippen LogP) is 5.54. The van der Waals surface area contributed by atoms with E-state index in [9.17, 15) is 4.79 Å². The summed E-state index contributed by atoms with van der Waals surface area (Å²) < 4.78 is 12.4. The number of hydrogen-bond donors (Lipinski definition) is 1. The van der Waals surface area contributed by atoms with E-state index in [-0.39, 0.29) is 5.78 Å². The van der Waals surface area contributed by atoms with Gasteiger partial charge in [0.15, 0.2) is 5.13 Å². The minimum absolute atomic E-state index is 0.205. The summed E-state index contributed by atoms with van der Waals surface area (Å²) in [5.41, 5.74) is 1.46. The Labute approximate surface area is 169 Å². The molecule has 138 valence electrons. The van der Waals surface area contributed by atoms with Gasteiger partial charge in [-0.2, -0.15) is 0 Å². The van der Waals surface area contributed by atoms with E-state index in [0.717, 1.165) is 10.2 Å². The van der Waals surface area contributed by atoms with Crippen LogP contribution >= 0.6 is 34.5 Å². The van der Waals surface area contributed by atoms with Crippen molar-refractivity contribution in [2.24, 2.45) is 0 Å². The highest BCUT2D eigenvalue weighted by Crippen LogP contribution is 2.34. The molecular weight excluding hydrogens is 407 g/mol. The maximum atomic E-state index is 12.9. The monoisotopic (exact) mass is 420 g/mol. The number of hydrogen-bond acceptors (Lipinski definition) is 6. The number of rotatable bonds is 4. The van der Waals surface area contributed by atoms with E-state index in [1.807, 2.05) is 19.1 Å². The highest BCUT2D eigenvalue weighted by atomic mass is 35.5. The van der Waals surface area contributed by atoms with E-state index in [0.29, 0.717) is 38.7 Å². The summed E-state index contributed by atoms with van der Waals surface area (Å²) in [5.74, 6) is 0.246. The molecule has 0 radical (unpaired) electrons. The summed E-state index contributed by atoms with van der Waals surface area (Å²) in [5, 5.41) is 4.73. The Kier molecular flexibility index (Phi) is 5.06. The maximum absolute atomic E-state index is 12.9. The van der Waals surface area contributed by atoms with Gasteiger partial charge in [0.25, 0.3) is 0 Å². The van der Waals surface area contributed by atoms with Crippen LogP contribution in [0, 0.1) is 0 Å². The summed E-state index contributed by atoms with van der Waals surface area (Å²) in [7, 11) is 0. The van der Waals surface area contributed by atoms with Crippen LogP contribution in [0.3, 0.4) is 0 Å². The van der Waals surface area contributed by atoms with Crippen molar-refractivity contribution in [1.29, 1.82) is 0 Å². The molecule has 1 N–H and O–H groups in total. The van der Waals surface area contributed by atoms with Crippen LogP contribution in [0.15, 0.2) is 48.2 Å². The number of Topliss-reactive ketones (excluding diaryl/α,β-unsaturated/α-hetero) is 1. The van der Waals surface area contributed by atoms with Crippen LogP contribution in [0.2, 0.25) is 10.0 Å². The molecule has 1 aliphatic rings. The summed E-state index contributed by atoms with van der Waals surface area (Å²) in [6.45, 7) is 2.24. The Bertz CT molecular complexity index is 1060. The minimum atomic E-state index is -0.804. The third-order valence-electron chi connectivity index (χ3n) is 3.98. The third-order valence-corrected chi connectivity index (χ3v) is 5.47. The Morgan fingerprint density at radius 3 is 2.96 bits per heavy atom. The summed E-state index contributed by atoms with van der Waals surface area (Å²) >= 11 is 13.6. The molecule has 0 spiro atoms. The van der Waals surface area contributed by atoms with E-state index in [1.54, 1.807) is 30.5 Å². The van der Waals surface area contributed by atoms with E-state index in [2.05, 4.69) is 10.3 Å². The number of carbonyl (C=O) groups excluding carboxylic acids is 1. The van der Waals surface area contributed by atoms with E-state index in [4.69, 9.17) is 32.7 Å². The van der Waals surface area contributed by atoms with Gasteiger partial charge in [-0.05, 0) is 37.3 Å². The highest BCUT2D eigenvalue weighted by molar-refractivity contribution is 7.22. The van der Waals surface area contributed by atoms with Crippen LogP contribution in [0.25, 0.3) is 10.2 Å². The molecule has 0 amide bonds. The topological polar surface area (TPSA) is 60.5 Å². The molecule has 0 fully saturated rings. The van der Waals surface area contributed by atoms with Crippen LogP contribution in [0.5, 0.6) is 5.75 Å². The van der Waals surface area contributed by atoms with Crippen LogP contribution in [-0.4, -0.2) is 23.7 Å². The minimum Gasteiger partial charge on any atom is -0.460 e. The summed E-state index contributed by atoms with van der Waals surface area (Å²) in [6.07, 6.45) is 0.764. The second-order valence-electron chi connectivity index (χ2n) is 5.72. The molecule has 1 aliphatic heterocycles. The number of anilines is 1. The molecule has 8 heteroatoms. The Morgan fingerprint density at radius 1 is 1.33 bits per heavy atom. The molecule has 1 aromatic heterocycles. The fourth-order valence-electron chi connectivity index (χ4n) is 2.75. The Balaban J connectivity index is 1.68. The number of ether oxygens (including phenoxy) is 2. The molecule has 3 aromatic rings. The molecule has 4 rings (SSSR count). The molecular formula is C19H14Cl2N2O3S. The van der Waals surface area contributed by atoms with Gasteiger partial charge in [0.2, 0.25) is 12.1 Å². The first-order chi connectivity index (χ1) is 13.1. The molecule has 1 unspecified atom stereocenters. The molecule has 0 saturated heterocycles. The average Bonchev–Trinajstić information content (AvgIpc) is 3.07. The van der Waals surface area contributed by atoms with Crippen molar-refractivity contribution in [3.8, 4) is 5.75 Å². The zero-order chi connectivity index (χ0) is 19.0. The highest BCUT2D eigenvalue weighted by Gasteiger charge is 2.32. The number of fused-ring (bicyclic) bond motifs is 2. The lowest BCUT2D eigenvalue weighted by Gasteiger charge is -2.27. The van der Waals surface area contributed by atoms with Crippen LogP contribution < -0.4 is 10.1 Å². The number of nitrogens with one attached hydrogen (secondary N) is 1. The van der Waals surface area contributed by atoms with Crippen LogP contribution in [0.4, 0.5) is 5.13 Å². The number of para-hydroxylation sites is 1. The van der Waals surface area contributed by atoms with Crippen molar-refractivity contribution in [2.75, 3.05) is 11.9 Å². The number of benzene rings is 2. The second kappa shape index (κ2) is 7.48. The Morgan fingerprint density at radius 2 is 2.19 bits per heavy atom. The van der Waals surface area contributed by atoms with Crippen molar-refractivity contribution < 1.29 is 14.3 Å². The summed E-state index contributed by atoms with van der Waals surface area (Å²) in [4.78, 5) is 17.4. The standard InChI is InChI=1S/C19H14Cl2N2O3S/c1-2-25-18-12(17(24)11-8-10(20)6-7-14(11)26-18)9-22-19-23-16-13(21)4-3-5-15(16)27-19/h3-9,18H,2H2,1H3,(H,22,23)/b12-9-. The van der Waals surface area contributed by atoms with Gasteiger partial charge >= 0.3 is 0 Å². The van der Waals surface area contributed by atoms with Crippen molar-refractivity contribution in [3.05, 3.63) is 63.8 Å². The van der Waals surface area contributed by atoms with Gasteiger partial charge < -0.3 is 14.8 Å². The lowest BCUT2D eigenvalue weighted by molar-refractivity contribution is -0.0509. The molecule has 27 heavy (non-hydrogen) atoms. The second-order valence-corrected chi connectivity index (χ2v) is 7.60. The number of aromatic nitrogens is 1. The van der Waals surface area contributed by atoms with Gasteiger partial charge in [-0.25, -0.2) is 4.98 Å². The van der Waals surface area contributed by atoms with E-state index in [1.165, 1.54) is 11.3 Å². The molecule has 0 aliphatic carbocycles. The van der Waals surface area contributed by atoms with Gasteiger partial charge in [0, 0.05) is 17.8 Å². The summed E-state index contributed by atoms with van der Waals surface area (Å²) in [6, 6.07) is 10.5. The van der Waals surface area contributed by atoms with Gasteiger partial charge in [-0.1, -0.05) is 40.6 Å². The lowest BCUT2D eigenvalue weighted by Crippen LogP contribution is -2.33. The number of nitrogens with zero attached hydrogens (tertiary/aromatic N) is 1. The first kappa shape index (κ1) is 18.3. The first-order valence-electron chi connectivity index (χ1n) is 8.21. The quantitative estimate of drug-likeness (QED) is 0.561. The Hall–Kier alpha value is -2.12. The van der Waals surface area contributed by atoms with Crippen molar-refractivity contribution in [2.45, 2.75) is 13.2 Å². The largest absolute Gasteiger partial charge is 0.460 e. The van der Waals surface area contributed by atoms with E-state index < -0.39 is 6.29 Å². The normalized spacial score (nSPS) is 17.8. The number of ketones is 1. The molecule has 1 atom stereocenters. The lowest BCUT2D eigenvalue weighted by atomic mass is 10.00. The average molecular weight is 421 g/mol. The smallest absolute Gasteiger partial charge is 0.232 e. The van der Waals surface area contributed by atoms with Crippen molar-refractivity contribution >= 4 is 55.7 Å². The maximum Gasteiger partial charge on any atom is 0.232 e. The number of carbonyl (C=O) groups is 1. The number of halogens is 2. The van der Waals surface area contributed by atoms with Gasteiger partial charge in [-0.15, -0.1) is 0 Å². The molecule has 0 saturated carbocycles. The zero-order valence-corrected chi connectivity index (χ0v) is 16.5. The van der Waals surface area contributed by atoms with Gasteiger partial charge in [0.05, 0.1) is 20.9 Å². The zero-order valence-electron chi connectivity index (χ0n) is 14.2. The van der Waals surface area contributed by atoms with Crippen molar-refractivity contribution in [1.82, 2.24) is 4.98 Å². The molecule has 5 nitrogen and oxygen atoms in total. The van der Waals surface area contributed by atoms with E-state index >= 15 is 0 Å². The number of thiazole rings is 1. The van der Waals surface area contributed by atoms with Crippen molar-refractivity contribution in [3.63, 3.8) is 0 Å². The SMILES string of the molecule is CCOC1Oc2ccc(Cl)cc2C(=O)/C1=C/Nc1nc2c(Cl)cccc2s1. The third kappa shape index (κ3) is 3.53. The molecule has 0 bridgehead atoms. The van der Waals surface area contributed by atoms with Gasteiger partial charge in [-0.3, -0.25) is 4.79 Å².